The summed E-state index contributed by atoms with van der Waals surface area (Å²) in [6.07, 6.45) is 0. The third kappa shape index (κ3) is 2.99. The molecule has 1 saturated heterocycles. The van der Waals surface area contributed by atoms with E-state index >= 15 is 0 Å². The van der Waals surface area contributed by atoms with E-state index < -0.39 is 15.1 Å². The van der Waals surface area contributed by atoms with Gasteiger partial charge in [0, 0.05) is 23.7 Å². The summed E-state index contributed by atoms with van der Waals surface area (Å²) in [5, 5.41) is -0.0643. The Bertz CT molecular complexity index is 840. The standard InChI is InChI=1S/C17H16ClNO3S/c1-12-4-2-3-5-16(12)17(20)19-10-15(11-19)23(21,22)14-8-6-13(18)7-9-14/h2-9,15H,10-11H2,1H3. The van der Waals surface area contributed by atoms with E-state index in [1.807, 2.05) is 25.1 Å². The van der Waals surface area contributed by atoms with Crippen LogP contribution in [0, 0.1) is 6.92 Å². The molecule has 1 aliphatic rings. The van der Waals surface area contributed by atoms with Crippen LogP contribution >= 0.6 is 11.6 Å². The number of carbonyl (C=O) groups excluding carboxylic acids is 1. The van der Waals surface area contributed by atoms with Gasteiger partial charge in [-0.2, -0.15) is 0 Å². The number of carbonyl (C=O) groups is 1. The maximum Gasteiger partial charge on any atom is 0.254 e. The molecular weight excluding hydrogens is 334 g/mol. The molecule has 2 aromatic rings. The summed E-state index contributed by atoms with van der Waals surface area (Å²) in [6, 6.07) is 13.4. The molecule has 0 bridgehead atoms. The molecule has 2 aromatic carbocycles. The quantitative estimate of drug-likeness (QED) is 0.856. The molecule has 4 nitrogen and oxygen atoms in total. The first-order valence-corrected chi connectivity index (χ1v) is 9.16. The van der Waals surface area contributed by atoms with E-state index in [0.29, 0.717) is 10.6 Å². The maximum absolute atomic E-state index is 12.5. The van der Waals surface area contributed by atoms with Crippen molar-refractivity contribution < 1.29 is 13.2 Å². The monoisotopic (exact) mass is 349 g/mol. The topological polar surface area (TPSA) is 54.5 Å². The van der Waals surface area contributed by atoms with Gasteiger partial charge in [-0.1, -0.05) is 29.8 Å². The number of benzene rings is 2. The average molecular weight is 350 g/mol. The molecule has 1 aliphatic heterocycles. The molecule has 1 heterocycles. The van der Waals surface area contributed by atoms with E-state index in [4.69, 9.17) is 11.6 Å². The van der Waals surface area contributed by atoms with Gasteiger partial charge in [-0.3, -0.25) is 4.79 Å². The van der Waals surface area contributed by atoms with Gasteiger partial charge in [0.2, 0.25) is 0 Å². The smallest absolute Gasteiger partial charge is 0.254 e. The summed E-state index contributed by atoms with van der Waals surface area (Å²) in [5.41, 5.74) is 1.51. The lowest BCUT2D eigenvalue weighted by Crippen LogP contribution is -2.56. The highest BCUT2D eigenvalue weighted by Gasteiger charge is 2.40. The van der Waals surface area contributed by atoms with Gasteiger partial charge >= 0.3 is 0 Å². The van der Waals surface area contributed by atoms with Crippen molar-refractivity contribution in [1.82, 2.24) is 4.90 Å². The van der Waals surface area contributed by atoms with Crippen LogP contribution in [0.5, 0.6) is 0 Å². The normalized spacial score (nSPS) is 15.3. The zero-order chi connectivity index (χ0) is 16.6. The minimum absolute atomic E-state index is 0.120. The third-order valence-electron chi connectivity index (χ3n) is 4.09. The number of sulfone groups is 1. The Morgan fingerprint density at radius 2 is 1.70 bits per heavy atom. The molecular formula is C17H16ClNO3S. The van der Waals surface area contributed by atoms with Gasteiger partial charge in [0.15, 0.2) is 9.84 Å². The number of amides is 1. The van der Waals surface area contributed by atoms with Crippen molar-refractivity contribution >= 4 is 27.3 Å². The van der Waals surface area contributed by atoms with Gasteiger partial charge < -0.3 is 4.90 Å². The second-order valence-corrected chi connectivity index (χ2v) is 8.31. The van der Waals surface area contributed by atoms with Crippen LogP contribution in [0.4, 0.5) is 0 Å². The van der Waals surface area contributed by atoms with Crippen molar-refractivity contribution in [1.29, 1.82) is 0 Å². The maximum atomic E-state index is 12.5. The number of aryl methyl sites for hydroxylation is 1. The number of rotatable bonds is 3. The number of likely N-dealkylation sites (tertiary alicyclic amines) is 1. The van der Waals surface area contributed by atoms with E-state index in [1.165, 1.54) is 12.1 Å². The van der Waals surface area contributed by atoms with Gasteiger partial charge in [-0.05, 0) is 42.8 Å². The van der Waals surface area contributed by atoms with Crippen LogP contribution in [0.1, 0.15) is 15.9 Å². The average Bonchev–Trinajstić information content (AvgIpc) is 2.46. The van der Waals surface area contributed by atoms with E-state index in [1.54, 1.807) is 23.1 Å². The van der Waals surface area contributed by atoms with Crippen LogP contribution in [0.15, 0.2) is 53.4 Å². The molecule has 0 saturated carbocycles. The summed E-state index contributed by atoms with van der Waals surface area (Å²) in [5.74, 6) is -0.120. The van der Waals surface area contributed by atoms with Crippen molar-refractivity contribution in [2.24, 2.45) is 0 Å². The van der Waals surface area contributed by atoms with Crippen molar-refractivity contribution in [2.75, 3.05) is 13.1 Å². The van der Waals surface area contributed by atoms with Crippen molar-refractivity contribution in [3.63, 3.8) is 0 Å². The molecule has 6 heteroatoms. The summed E-state index contributed by atoms with van der Waals surface area (Å²) in [6.45, 7) is 2.31. The Labute approximate surface area is 140 Å². The molecule has 0 atom stereocenters. The second kappa shape index (κ2) is 5.98. The van der Waals surface area contributed by atoms with E-state index in [9.17, 15) is 13.2 Å². The van der Waals surface area contributed by atoms with Gasteiger partial charge in [0.1, 0.15) is 5.25 Å². The molecule has 0 spiro atoms. The summed E-state index contributed by atoms with van der Waals surface area (Å²) >= 11 is 5.79. The lowest BCUT2D eigenvalue weighted by atomic mass is 10.1. The molecule has 23 heavy (non-hydrogen) atoms. The molecule has 1 amide bonds. The predicted molar refractivity (Wildman–Crippen MR) is 89.5 cm³/mol. The summed E-state index contributed by atoms with van der Waals surface area (Å²) < 4.78 is 25.0. The molecule has 120 valence electrons. The Morgan fingerprint density at radius 3 is 2.30 bits per heavy atom. The number of hydrogen-bond acceptors (Lipinski definition) is 3. The largest absolute Gasteiger partial charge is 0.336 e. The van der Waals surface area contributed by atoms with Crippen LogP contribution in [0.3, 0.4) is 0 Å². The van der Waals surface area contributed by atoms with E-state index in [2.05, 4.69) is 0 Å². The molecule has 1 fully saturated rings. The first kappa shape index (κ1) is 16.0. The minimum atomic E-state index is -3.43. The lowest BCUT2D eigenvalue weighted by molar-refractivity contribution is 0.0658. The van der Waals surface area contributed by atoms with Crippen LogP contribution in [0.2, 0.25) is 5.02 Å². The zero-order valence-corrected chi connectivity index (χ0v) is 14.1. The summed E-state index contributed by atoms with van der Waals surface area (Å²) in [7, 11) is -3.43. The van der Waals surface area contributed by atoms with E-state index in [-0.39, 0.29) is 23.9 Å². The van der Waals surface area contributed by atoms with Crippen molar-refractivity contribution in [3.8, 4) is 0 Å². The van der Waals surface area contributed by atoms with Gasteiger partial charge in [0.25, 0.3) is 5.91 Å². The zero-order valence-electron chi connectivity index (χ0n) is 12.6. The minimum Gasteiger partial charge on any atom is -0.336 e. The molecule has 0 aromatic heterocycles. The lowest BCUT2D eigenvalue weighted by Gasteiger charge is -2.38. The van der Waals surface area contributed by atoms with Gasteiger partial charge in [-0.15, -0.1) is 0 Å². The first-order valence-electron chi connectivity index (χ1n) is 7.24. The molecule has 0 N–H and O–H groups in total. The van der Waals surface area contributed by atoms with Crippen molar-refractivity contribution in [2.45, 2.75) is 17.1 Å². The number of halogens is 1. The fourth-order valence-electron chi connectivity index (χ4n) is 2.60. The number of hydrogen-bond donors (Lipinski definition) is 0. The van der Waals surface area contributed by atoms with Crippen LogP contribution in [-0.2, 0) is 9.84 Å². The van der Waals surface area contributed by atoms with Crippen LogP contribution < -0.4 is 0 Å². The Balaban J connectivity index is 1.72. The van der Waals surface area contributed by atoms with Crippen molar-refractivity contribution in [3.05, 3.63) is 64.7 Å². The highest BCUT2D eigenvalue weighted by atomic mass is 35.5. The van der Waals surface area contributed by atoms with Crippen LogP contribution in [0.25, 0.3) is 0 Å². The fourth-order valence-corrected chi connectivity index (χ4v) is 4.38. The summed E-state index contributed by atoms with van der Waals surface area (Å²) in [4.78, 5) is 14.2. The van der Waals surface area contributed by atoms with E-state index in [0.717, 1.165) is 5.56 Å². The molecule has 0 radical (unpaired) electrons. The highest BCUT2D eigenvalue weighted by Crippen LogP contribution is 2.26. The van der Waals surface area contributed by atoms with Gasteiger partial charge in [0.05, 0.1) is 4.90 Å². The second-order valence-electron chi connectivity index (χ2n) is 5.65. The third-order valence-corrected chi connectivity index (χ3v) is 6.45. The molecule has 0 aliphatic carbocycles. The Hall–Kier alpha value is -1.85. The fraction of sp³-hybridized carbons (Fsp3) is 0.235. The SMILES string of the molecule is Cc1ccccc1C(=O)N1CC(S(=O)(=O)c2ccc(Cl)cc2)C1. The Morgan fingerprint density at radius 1 is 1.09 bits per heavy atom. The van der Waals surface area contributed by atoms with Gasteiger partial charge in [-0.25, -0.2) is 8.42 Å². The van der Waals surface area contributed by atoms with Crippen LogP contribution in [-0.4, -0.2) is 37.6 Å². The predicted octanol–water partition coefficient (Wildman–Crippen LogP) is 2.95. The molecule has 0 unspecified atom stereocenters. The Kier molecular flexibility index (Phi) is 4.17. The first-order chi connectivity index (χ1) is 10.9. The molecule has 3 rings (SSSR count). The highest BCUT2D eigenvalue weighted by molar-refractivity contribution is 7.92. The number of nitrogens with zero attached hydrogens (tertiary/aromatic N) is 1.